The van der Waals surface area contributed by atoms with Gasteiger partial charge in [0.15, 0.2) is 35.3 Å². The Kier molecular flexibility index (Phi) is 11.3. The molecule has 2 spiro atoms. The first-order valence-electron chi connectivity index (χ1n) is 26.8. The Hall–Kier alpha value is -3.55. The molecule has 12 nitrogen and oxygen atoms in total. The standard InChI is InChI=1S/C56H74N4O8S2Si2/c1-51(2,3)71(7,8)67-39-17-15-35-27-41-55(21-19-37(61)49-53(55,45(35)47(39)65-49)23-25-59(41)29-33-11-12-33)57-43(63)31-69-70-32-44(64)58-56-22-20-38(62)50-54(56)24-26-60(30-34-13-14-34)42(56)28-36-16-18-40(48(66-50)46(36)54)68-72(9,10)52(4,5)6/h15-22,33-34,41-42,49-50H,11-14,23-32H2,1-10H3,(H,57,63)(H,58,64)/t41?,42?,49-,50-,53-,54-,55+,56+/m0/s1. The van der Waals surface area contributed by atoms with Crippen LogP contribution in [0.1, 0.15) is 102 Å². The van der Waals surface area contributed by atoms with E-state index in [0.29, 0.717) is 47.7 Å². The van der Waals surface area contributed by atoms with E-state index in [4.69, 9.17) is 18.3 Å². The van der Waals surface area contributed by atoms with Crippen molar-refractivity contribution in [1.82, 2.24) is 20.4 Å². The van der Waals surface area contributed by atoms with Crippen molar-refractivity contribution in [2.45, 2.75) is 175 Å². The van der Waals surface area contributed by atoms with E-state index in [-0.39, 0.29) is 57.0 Å². The first-order chi connectivity index (χ1) is 34.0. The van der Waals surface area contributed by atoms with Gasteiger partial charge in [-0.3, -0.25) is 29.0 Å². The van der Waals surface area contributed by atoms with Crippen LogP contribution in [0.5, 0.6) is 23.0 Å². The van der Waals surface area contributed by atoms with Crippen molar-refractivity contribution < 1.29 is 37.5 Å². The predicted octanol–water partition coefficient (Wildman–Crippen LogP) is 8.60. The SMILES string of the molecule is CC(C)(C)[Si](C)(C)Oc1ccc2c3c1O[C@H]1C(=O)C=C[C@@]4(NC(=O)CSSCC(=O)N[C@@]56C=CC(=O)[C@@H]7Oc8c(O[Si](C)(C)C(C)(C)C)ccc9c8[C@@]75CCN(CC5CC5)C6C9)C(C2)N(CC2CC2)CC[C@]314. The van der Waals surface area contributed by atoms with Gasteiger partial charge in [0.2, 0.25) is 11.8 Å². The fraction of sp³-hybridized carbons (Fsp3) is 0.643. The Labute approximate surface area is 435 Å². The molecule has 16 heteroatoms. The largest absolute Gasteiger partial charge is 0.541 e. The van der Waals surface area contributed by atoms with E-state index in [2.05, 4.69) is 112 Å². The Morgan fingerprint density at radius 3 is 1.40 bits per heavy atom. The molecule has 8 atom stereocenters. The van der Waals surface area contributed by atoms with Crippen molar-refractivity contribution in [3.63, 3.8) is 0 Å². The van der Waals surface area contributed by atoms with Crippen molar-refractivity contribution in [3.8, 4) is 23.0 Å². The summed E-state index contributed by atoms with van der Waals surface area (Å²) in [7, 11) is -1.81. The molecule has 12 rings (SSSR count). The Morgan fingerprint density at radius 2 is 1.04 bits per heavy atom. The second-order valence-corrected chi connectivity index (χ2v) is 38.1. The summed E-state index contributed by atoms with van der Waals surface area (Å²) in [6.45, 7) is 25.9. The van der Waals surface area contributed by atoms with Crippen LogP contribution in [0.3, 0.4) is 0 Å². The van der Waals surface area contributed by atoms with Crippen LogP contribution in [0.15, 0.2) is 48.6 Å². The molecule has 72 heavy (non-hydrogen) atoms. The van der Waals surface area contributed by atoms with Crippen LogP contribution in [0.2, 0.25) is 36.3 Å². The molecule has 2 N–H and O–H groups in total. The summed E-state index contributed by atoms with van der Waals surface area (Å²) < 4.78 is 27.8. The van der Waals surface area contributed by atoms with Gasteiger partial charge in [-0.05, 0) is 148 Å². The van der Waals surface area contributed by atoms with Gasteiger partial charge in [-0.15, -0.1) is 0 Å². The minimum atomic E-state index is -2.29. The minimum absolute atomic E-state index is 0.0441. The molecule has 4 heterocycles. The monoisotopic (exact) mass is 1050 g/mol. The van der Waals surface area contributed by atoms with Gasteiger partial charge >= 0.3 is 0 Å². The first kappa shape index (κ1) is 49.3. The Bertz CT molecular complexity index is 2560. The van der Waals surface area contributed by atoms with E-state index in [0.717, 1.165) is 50.1 Å². The number of nitrogens with one attached hydrogen (secondary N) is 2. The van der Waals surface area contributed by atoms with Crippen molar-refractivity contribution in [2.75, 3.05) is 37.7 Å². The Balaban J connectivity index is 0.804. The quantitative estimate of drug-likeness (QED) is 0.101. The molecule has 4 aliphatic heterocycles. The lowest BCUT2D eigenvalue weighted by atomic mass is 9.49. The number of piperidine rings is 2. The number of amides is 2. The highest BCUT2D eigenvalue weighted by Gasteiger charge is 2.75. The number of hydrogen-bond donors (Lipinski definition) is 2. The van der Waals surface area contributed by atoms with Gasteiger partial charge in [0.05, 0.1) is 33.4 Å². The molecule has 2 saturated carbocycles. The normalized spacial score (nSPS) is 32.9. The topological polar surface area (TPSA) is 136 Å². The maximum atomic E-state index is 14.7. The van der Waals surface area contributed by atoms with E-state index in [1.165, 1.54) is 58.4 Å². The first-order valence-corrected chi connectivity index (χ1v) is 35.1. The lowest BCUT2D eigenvalue weighted by Crippen LogP contribution is -2.80. The molecule has 4 bridgehead atoms. The van der Waals surface area contributed by atoms with Gasteiger partial charge in [0.1, 0.15) is 11.5 Å². The van der Waals surface area contributed by atoms with Crippen LogP contribution in [0, 0.1) is 11.8 Å². The number of carbonyl (C=O) groups excluding carboxylic acids is 4. The zero-order valence-corrected chi connectivity index (χ0v) is 47.6. The lowest BCUT2D eigenvalue weighted by molar-refractivity contribution is -0.135. The molecule has 10 aliphatic rings. The molecule has 4 fully saturated rings. The summed E-state index contributed by atoms with van der Waals surface area (Å²) in [5, 5.41) is 7.16. The molecular formula is C56H74N4O8S2Si2. The third-order valence-electron chi connectivity index (χ3n) is 19.9. The fourth-order valence-corrected chi connectivity index (χ4v) is 17.7. The van der Waals surface area contributed by atoms with Gasteiger partial charge in [-0.2, -0.15) is 0 Å². The molecule has 2 amide bonds. The maximum Gasteiger partial charge on any atom is 0.250 e. The van der Waals surface area contributed by atoms with Crippen LogP contribution in [-0.2, 0) is 42.8 Å². The molecule has 0 aromatic heterocycles. The highest BCUT2D eigenvalue weighted by atomic mass is 33.1. The summed E-state index contributed by atoms with van der Waals surface area (Å²) in [4.78, 5) is 62.8. The van der Waals surface area contributed by atoms with Gasteiger partial charge in [0, 0.05) is 36.3 Å². The number of likely N-dealkylation sites (tertiary alicyclic amines) is 2. The number of carbonyl (C=O) groups is 4. The summed E-state index contributed by atoms with van der Waals surface area (Å²) in [5.41, 5.74) is 1.07. The highest BCUT2D eigenvalue weighted by molar-refractivity contribution is 8.77. The fourth-order valence-electron chi connectivity index (χ4n) is 14.0. The molecule has 386 valence electrons. The average Bonchev–Trinajstić information content (AvgIpc) is 4.23. The Morgan fingerprint density at radius 1 is 0.653 bits per heavy atom. The predicted molar refractivity (Wildman–Crippen MR) is 288 cm³/mol. The number of ketones is 2. The maximum absolute atomic E-state index is 14.7. The van der Waals surface area contributed by atoms with Gasteiger partial charge < -0.3 is 29.0 Å². The second kappa shape index (κ2) is 16.5. The van der Waals surface area contributed by atoms with Crippen molar-refractivity contribution in [2.24, 2.45) is 11.8 Å². The number of nitrogens with zero attached hydrogens (tertiary/aromatic N) is 2. The summed E-state index contributed by atoms with van der Waals surface area (Å²) in [5.74, 6) is 3.86. The third-order valence-corrected chi connectivity index (χ3v) is 30.7. The molecular weight excluding hydrogens is 977 g/mol. The number of hydrogen-bond acceptors (Lipinski definition) is 12. The summed E-state index contributed by atoms with van der Waals surface area (Å²) >= 11 is 0. The molecule has 2 saturated heterocycles. The van der Waals surface area contributed by atoms with E-state index >= 15 is 0 Å². The molecule has 6 aliphatic carbocycles. The summed E-state index contributed by atoms with van der Waals surface area (Å²) in [6, 6.07) is 8.38. The van der Waals surface area contributed by atoms with Crippen LogP contribution in [0.4, 0.5) is 0 Å². The van der Waals surface area contributed by atoms with E-state index in [9.17, 15) is 19.2 Å². The smallest absolute Gasteiger partial charge is 0.250 e. The van der Waals surface area contributed by atoms with E-state index in [1.54, 1.807) is 12.2 Å². The number of rotatable bonds is 15. The minimum Gasteiger partial charge on any atom is -0.541 e. The number of benzene rings is 2. The lowest BCUT2D eigenvalue weighted by Gasteiger charge is -2.63. The van der Waals surface area contributed by atoms with Crippen LogP contribution >= 0.6 is 21.6 Å². The zero-order chi connectivity index (χ0) is 50.8. The zero-order valence-electron chi connectivity index (χ0n) is 44.0. The van der Waals surface area contributed by atoms with E-state index in [1.807, 2.05) is 12.2 Å². The highest BCUT2D eigenvalue weighted by Crippen LogP contribution is 2.66. The number of ether oxygens (including phenoxy) is 2. The van der Waals surface area contributed by atoms with Gasteiger partial charge in [0.25, 0.3) is 16.6 Å². The van der Waals surface area contributed by atoms with Crippen LogP contribution in [0.25, 0.3) is 0 Å². The van der Waals surface area contributed by atoms with Crippen molar-refractivity contribution in [1.29, 1.82) is 0 Å². The molecule has 2 aromatic rings. The molecule has 0 radical (unpaired) electrons. The van der Waals surface area contributed by atoms with Gasteiger partial charge in [-0.1, -0.05) is 87.4 Å². The second-order valence-electron chi connectivity index (χ2n) is 26.2. The molecule has 2 aromatic carbocycles. The van der Waals surface area contributed by atoms with Crippen molar-refractivity contribution in [3.05, 3.63) is 70.8 Å². The molecule has 2 unspecified atom stereocenters. The van der Waals surface area contributed by atoms with Crippen molar-refractivity contribution >= 4 is 61.6 Å². The third kappa shape index (κ3) is 7.16. The summed E-state index contributed by atoms with van der Waals surface area (Å²) in [6.07, 6.45) is 13.5. The average molecular weight is 1050 g/mol. The van der Waals surface area contributed by atoms with Gasteiger partial charge in [-0.25, -0.2) is 0 Å². The van der Waals surface area contributed by atoms with E-state index < -0.39 is 50.8 Å². The van der Waals surface area contributed by atoms with Crippen LogP contribution < -0.4 is 29.0 Å². The van der Waals surface area contributed by atoms with Crippen LogP contribution in [-0.4, -0.2) is 123 Å².